The van der Waals surface area contributed by atoms with Crippen LogP contribution in [-0.4, -0.2) is 25.7 Å². The summed E-state index contributed by atoms with van der Waals surface area (Å²) in [4.78, 5) is 4.69. The Hall–Kier alpha value is -0.820. The number of hydrogen-bond acceptors (Lipinski definition) is 2. The van der Waals surface area contributed by atoms with E-state index in [2.05, 4.69) is 41.8 Å². The van der Waals surface area contributed by atoms with Gasteiger partial charge in [-0.25, -0.2) is 4.99 Å². The van der Waals surface area contributed by atoms with Crippen molar-refractivity contribution in [1.82, 2.24) is 10.6 Å². The highest BCUT2D eigenvalue weighted by molar-refractivity contribution is 14.0. The van der Waals surface area contributed by atoms with Crippen LogP contribution in [0.15, 0.2) is 29.3 Å². The lowest BCUT2D eigenvalue weighted by molar-refractivity contribution is 0.133. The third-order valence-corrected chi connectivity index (χ3v) is 3.59. The molecule has 0 saturated heterocycles. The van der Waals surface area contributed by atoms with Crippen molar-refractivity contribution < 1.29 is 4.74 Å². The second-order valence-electron chi connectivity index (χ2n) is 5.43. The summed E-state index contributed by atoms with van der Waals surface area (Å²) in [6, 6.07) is 8.36. The highest BCUT2D eigenvalue weighted by atomic mass is 127. The third-order valence-electron chi connectivity index (χ3n) is 3.59. The van der Waals surface area contributed by atoms with Crippen molar-refractivity contribution in [3.05, 3.63) is 35.4 Å². The Bertz CT molecular complexity index is 461. The second-order valence-corrected chi connectivity index (χ2v) is 5.43. The predicted octanol–water partition coefficient (Wildman–Crippen LogP) is 3.31. The van der Waals surface area contributed by atoms with Crippen LogP contribution in [-0.2, 0) is 17.9 Å². The van der Waals surface area contributed by atoms with Gasteiger partial charge in [-0.2, -0.15) is 0 Å². The SMILES string of the molecule is CCNC(=NCc1ccccc1COCC)NCC1CC1.I. The fourth-order valence-electron chi connectivity index (χ4n) is 2.13. The molecule has 1 aliphatic rings. The van der Waals surface area contributed by atoms with E-state index in [-0.39, 0.29) is 24.0 Å². The van der Waals surface area contributed by atoms with E-state index >= 15 is 0 Å². The molecule has 2 rings (SSSR count). The molecule has 0 heterocycles. The molecule has 0 aliphatic heterocycles. The molecule has 1 aliphatic carbocycles. The van der Waals surface area contributed by atoms with Gasteiger partial charge in [-0.1, -0.05) is 24.3 Å². The molecule has 1 aromatic rings. The first-order valence-corrected chi connectivity index (χ1v) is 8.00. The maximum atomic E-state index is 5.52. The highest BCUT2D eigenvalue weighted by Crippen LogP contribution is 2.27. The quantitative estimate of drug-likeness (QED) is 0.388. The molecule has 0 aromatic heterocycles. The second kappa shape index (κ2) is 10.8. The minimum Gasteiger partial charge on any atom is -0.377 e. The van der Waals surface area contributed by atoms with E-state index in [1.165, 1.54) is 24.0 Å². The van der Waals surface area contributed by atoms with Gasteiger partial charge in [-0.3, -0.25) is 0 Å². The first-order chi connectivity index (χ1) is 10.3. The average molecular weight is 417 g/mol. The first-order valence-electron chi connectivity index (χ1n) is 8.00. The number of nitrogens with zero attached hydrogens (tertiary/aromatic N) is 1. The van der Waals surface area contributed by atoms with Crippen LogP contribution >= 0.6 is 24.0 Å². The van der Waals surface area contributed by atoms with Gasteiger partial charge in [0.05, 0.1) is 13.2 Å². The Kier molecular flexibility index (Phi) is 9.47. The zero-order chi connectivity index (χ0) is 14.9. The van der Waals surface area contributed by atoms with Gasteiger partial charge in [0, 0.05) is 19.7 Å². The van der Waals surface area contributed by atoms with E-state index in [9.17, 15) is 0 Å². The predicted molar refractivity (Wildman–Crippen MR) is 103 cm³/mol. The number of hydrogen-bond donors (Lipinski definition) is 2. The first kappa shape index (κ1) is 19.2. The molecule has 22 heavy (non-hydrogen) atoms. The van der Waals surface area contributed by atoms with Gasteiger partial charge in [-0.15, -0.1) is 24.0 Å². The van der Waals surface area contributed by atoms with Crippen LogP contribution in [0.4, 0.5) is 0 Å². The monoisotopic (exact) mass is 417 g/mol. The van der Waals surface area contributed by atoms with Crippen molar-refractivity contribution in [3.63, 3.8) is 0 Å². The molecule has 2 N–H and O–H groups in total. The number of aliphatic imine (C=N–C) groups is 1. The normalized spacial score (nSPS) is 14.4. The molecule has 4 nitrogen and oxygen atoms in total. The maximum Gasteiger partial charge on any atom is 0.191 e. The van der Waals surface area contributed by atoms with Crippen LogP contribution in [0.2, 0.25) is 0 Å². The summed E-state index contributed by atoms with van der Waals surface area (Å²) < 4.78 is 5.52. The number of ether oxygens (including phenoxy) is 1. The van der Waals surface area contributed by atoms with Gasteiger partial charge in [0.25, 0.3) is 0 Å². The fraction of sp³-hybridized carbons (Fsp3) is 0.588. The van der Waals surface area contributed by atoms with Gasteiger partial charge >= 0.3 is 0 Å². The van der Waals surface area contributed by atoms with Gasteiger partial charge in [0.1, 0.15) is 0 Å². The molecule has 0 bridgehead atoms. The lowest BCUT2D eigenvalue weighted by atomic mass is 10.1. The molecule has 5 heteroatoms. The third kappa shape index (κ3) is 6.96. The molecular weight excluding hydrogens is 389 g/mol. The van der Waals surface area contributed by atoms with Crippen LogP contribution in [0.1, 0.15) is 37.8 Å². The van der Waals surface area contributed by atoms with Crippen molar-refractivity contribution >= 4 is 29.9 Å². The van der Waals surface area contributed by atoms with Crippen molar-refractivity contribution in [3.8, 4) is 0 Å². The smallest absolute Gasteiger partial charge is 0.191 e. The summed E-state index contributed by atoms with van der Waals surface area (Å²) in [5, 5.41) is 6.73. The van der Waals surface area contributed by atoms with Crippen molar-refractivity contribution in [1.29, 1.82) is 0 Å². The van der Waals surface area contributed by atoms with E-state index in [0.717, 1.165) is 31.6 Å². The molecule has 0 amide bonds. The number of guanidine groups is 1. The van der Waals surface area contributed by atoms with E-state index in [1.807, 2.05) is 6.92 Å². The van der Waals surface area contributed by atoms with E-state index in [1.54, 1.807) is 0 Å². The zero-order valence-corrected chi connectivity index (χ0v) is 15.9. The zero-order valence-electron chi connectivity index (χ0n) is 13.6. The summed E-state index contributed by atoms with van der Waals surface area (Å²) in [6.45, 7) is 8.12. The average Bonchev–Trinajstić information content (AvgIpc) is 3.33. The summed E-state index contributed by atoms with van der Waals surface area (Å²) in [6.07, 6.45) is 2.70. The summed E-state index contributed by atoms with van der Waals surface area (Å²) in [7, 11) is 0. The molecule has 0 spiro atoms. The van der Waals surface area contributed by atoms with Gasteiger partial charge in [0.15, 0.2) is 5.96 Å². The van der Waals surface area contributed by atoms with E-state index in [4.69, 9.17) is 9.73 Å². The molecular formula is C17H28IN3O. The van der Waals surface area contributed by atoms with E-state index in [0.29, 0.717) is 13.2 Å². The minimum absolute atomic E-state index is 0. The molecule has 1 aromatic carbocycles. The number of benzene rings is 1. The lowest BCUT2D eigenvalue weighted by Crippen LogP contribution is -2.38. The number of nitrogens with one attached hydrogen (secondary N) is 2. The topological polar surface area (TPSA) is 45.7 Å². The van der Waals surface area contributed by atoms with Crippen molar-refractivity contribution in [2.24, 2.45) is 10.9 Å². The molecule has 124 valence electrons. The summed E-state index contributed by atoms with van der Waals surface area (Å²) >= 11 is 0. The number of halogens is 1. The molecule has 0 atom stereocenters. The Morgan fingerprint density at radius 1 is 1.18 bits per heavy atom. The van der Waals surface area contributed by atoms with Crippen LogP contribution in [0.3, 0.4) is 0 Å². The molecule has 0 unspecified atom stereocenters. The summed E-state index contributed by atoms with van der Waals surface area (Å²) in [5.74, 6) is 1.76. The van der Waals surface area contributed by atoms with Crippen LogP contribution in [0.25, 0.3) is 0 Å². The van der Waals surface area contributed by atoms with Crippen molar-refractivity contribution in [2.45, 2.75) is 39.8 Å². The van der Waals surface area contributed by atoms with Crippen LogP contribution in [0.5, 0.6) is 0 Å². The lowest BCUT2D eigenvalue weighted by Gasteiger charge is -2.12. The van der Waals surface area contributed by atoms with Crippen LogP contribution in [0, 0.1) is 5.92 Å². The van der Waals surface area contributed by atoms with Gasteiger partial charge in [0.2, 0.25) is 0 Å². The summed E-state index contributed by atoms with van der Waals surface area (Å²) in [5.41, 5.74) is 2.45. The Balaban J connectivity index is 0.00000242. The Morgan fingerprint density at radius 2 is 1.91 bits per heavy atom. The van der Waals surface area contributed by atoms with Crippen LogP contribution < -0.4 is 10.6 Å². The fourth-order valence-corrected chi connectivity index (χ4v) is 2.13. The minimum atomic E-state index is 0. The van der Waals surface area contributed by atoms with Crippen molar-refractivity contribution in [2.75, 3.05) is 19.7 Å². The molecule has 0 radical (unpaired) electrons. The molecule has 1 saturated carbocycles. The Labute approximate surface area is 151 Å². The van der Waals surface area contributed by atoms with E-state index < -0.39 is 0 Å². The highest BCUT2D eigenvalue weighted by Gasteiger charge is 2.21. The van der Waals surface area contributed by atoms with Gasteiger partial charge < -0.3 is 15.4 Å². The standard InChI is InChI=1S/C17H27N3O.HI/c1-3-18-17(19-11-14-9-10-14)20-12-15-7-5-6-8-16(15)13-21-4-2;/h5-8,14H,3-4,9-13H2,1-2H3,(H2,18,19,20);1H. The van der Waals surface area contributed by atoms with Gasteiger partial charge in [-0.05, 0) is 43.7 Å². The Morgan fingerprint density at radius 3 is 2.55 bits per heavy atom. The maximum absolute atomic E-state index is 5.52. The largest absolute Gasteiger partial charge is 0.377 e. The molecule has 1 fully saturated rings. The number of rotatable bonds is 8.